The van der Waals surface area contributed by atoms with Gasteiger partial charge in [-0.05, 0) is 25.3 Å². The van der Waals surface area contributed by atoms with E-state index in [1.54, 1.807) is 11.3 Å². The Morgan fingerprint density at radius 1 is 1.25 bits per heavy atom. The third-order valence-electron chi connectivity index (χ3n) is 5.31. The van der Waals surface area contributed by atoms with Crippen molar-refractivity contribution in [3.8, 4) is 0 Å². The number of hydrogen-bond acceptors (Lipinski definition) is 4. The molecule has 1 aromatic carbocycles. The van der Waals surface area contributed by atoms with Crippen molar-refractivity contribution in [3.05, 3.63) is 52.0 Å². The van der Waals surface area contributed by atoms with Gasteiger partial charge in [-0.15, -0.1) is 11.3 Å². The molecule has 5 heteroatoms. The van der Waals surface area contributed by atoms with Crippen LogP contribution in [0.15, 0.2) is 35.8 Å². The standard InChI is InChI=1S/C19H23N3OS/c1-14-18(24-13-20-14)7-8-19(23)22-12-16-9-17(22)11-21(16)10-15-5-3-2-4-6-15/h2-6,13,16-17H,7-12H2,1H3/t16-,17-/m0/s1. The molecule has 0 saturated carbocycles. The minimum Gasteiger partial charge on any atom is -0.337 e. The van der Waals surface area contributed by atoms with Crippen LogP contribution in [0.25, 0.3) is 0 Å². The average Bonchev–Trinajstić information content (AvgIpc) is 3.29. The molecule has 24 heavy (non-hydrogen) atoms. The SMILES string of the molecule is Cc1ncsc1CCC(=O)N1C[C@@H]2C[C@H]1CN2Cc1ccccc1. The van der Waals surface area contributed by atoms with E-state index in [-0.39, 0.29) is 0 Å². The topological polar surface area (TPSA) is 36.4 Å². The molecule has 1 amide bonds. The summed E-state index contributed by atoms with van der Waals surface area (Å²) in [7, 11) is 0. The molecule has 0 spiro atoms. The maximum absolute atomic E-state index is 12.6. The molecule has 2 aliphatic rings. The number of thiazole rings is 1. The fourth-order valence-corrected chi connectivity index (χ4v) is 4.78. The molecule has 2 aromatic rings. The maximum atomic E-state index is 12.6. The number of likely N-dealkylation sites (tertiary alicyclic amines) is 2. The smallest absolute Gasteiger partial charge is 0.223 e. The molecule has 4 nitrogen and oxygen atoms in total. The number of carbonyl (C=O) groups excluding carboxylic acids is 1. The van der Waals surface area contributed by atoms with Crippen molar-refractivity contribution in [2.75, 3.05) is 13.1 Å². The van der Waals surface area contributed by atoms with Crippen LogP contribution in [0, 0.1) is 6.92 Å². The second kappa shape index (κ2) is 6.65. The van der Waals surface area contributed by atoms with Gasteiger partial charge in [0.25, 0.3) is 0 Å². The molecule has 126 valence electrons. The number of carbonyl (C=O) groups is 1. The number of rotatable bonds is 5. The number of benzene rings is 1. The molecule has 2 saturated heterocycles. The Balaban J connectivity index is 1.31. The lowest BCUT2D eigenvalue weighted by Crippen LogP contribution is -2.48. The molecule has 0 aliphatic carbocycles. The van der Waals surface area contributed by atoms with Gasteiger partial charge in [0, 0.05) is 43.0 Å². The summed E-state index contributed by atoms with van der Waals surface area (Å²) < 4.78 is 0. The van der Waals surface area contributed by atoms with Crippen LogP contribution >= 0.6 is 11.3 Å². The predicted octanol–water partition coefficient (Wildman–Crippen LogP) is 2.87. The monoisotopic (exact) mass is 341 g/mol. The molecular formula is C19H23N3OS. The first-order valence-electron chi connectivity index (χ1n) is 8.67. The highest BCUT2D eigenvalue weighted by molar-refractivity contribution is 7.09. The van der Waals surface area contributed by atoms with Crippen molar-refractivity contribution in [2.24, 2.45) is 0 Å². The van der Waals surface area contributed by atoms with E-state index in [0.29, 0.717) is 24.4 Å². The minimum atomic E-state index is 0.315. The van der Waals surface area contributed by atoms with Gasteiger partial charge in [-0.25, -0.2) is 4.98 Å². The van der Waals surface area contributed by atoms with Gasteiger partial charge in [0.05, 0.1) is 11.2 Å². The largest absolute Gasteiger partial charge is 0.337 e. The van der Waals surface area contributed by atoms with Crippen LogP contribution < -0.4 is 0 Å². The Morgan fingerprint density at radius 3 is 2.75 bits per heavy atom. The van der Waals surface area contributed by atoms with Crippen LogP contribution in [0.5, 0.6) is 0 Å². The number of hydrogen-bond donors (Lipinski definition) is 0. The summed E-state index contributed by atoms with van der Waals surface area (Å²) in [6.07, 6.45) is 2.58. The minimum absolute atomic E-state index is 0.315. The van der Waals surface area contributed by atoms with Crippen molar-refractivity contribution in [1.29, 1.82) is 0 Å². The van der Waals surface area contributed by atoms with E-state index in [1.165, 1.54) is 10.4 Å². The zero-order chi connectivity index (χ0) is 16.5. The van der Waals surface area contributed by atoms with Gasteiger partial charge < -0.3 is 4.90 Å². The van der Waals surface area contributed by atoms with Crippen LogP contribution in [-0.2, 0) is 17.8 Å². The van der Waals surface area contributed by atoms with Gasteiger partial charge in [0.15, 0.2) is 0 Å². The second-order valence-corrected chi connectivity index (χ2v) is 7.80. The number of aryl methyl sites for hydroxylation is 2. The lowest BCUT2D eigenvalue weighted by atomic mass is 10.2. The Kier molecular flexibility index (Phi) is 4.37. The zero-order valence-electron chi connectivity index (χ0n) is 14.0. The van der Waals surface area contributed by atoms with E-state index < -0.39 is 0 Å². The molecule has 0 unspecified atom stereocenters. The summed E-state index contributed by atoms with van der Waals surface area (Å²) in [5.74, 6) is 0.315. The van der Waals surface area contributed by atoms with Crippen LogP contribution in [0.1, 0.15) is 29.0 Å². The average molecular weight is 341 g/mol. The summed E-state index contributed by atoms with van der Waals surface area (Å²) in [5.41, 5.74) is 4.31. The van der Waals surface area contributed by atoms with Crippen molar-refractivity contribution in [1.82, 2.24) is 14.8 Å². The first kappa shape index (κ1) is 15.8. The van der Waals surface area contributed by atoms with Gasteiger partial charge in [-0.2, -0.15) is 0 Å². The Labute approximate surface area is 147 Å². The summed E-state index contributed by atoms with van der Waals surface area (Å²) >= 11 is 1.66. The van der Waals surface area contributed by atoms with Crippen molar-refractivity contribution in [3.63, 3.8) is 0 Å². The Bertz CT molecular complexity index is 714. The van der Waals surface area contributed by atoms with E-state index in [9.17, 15) is 4.79 Å². The first-order valence-corrected chi connectivity index (χ1v) is 9.55. The lowest BCUT2D eigenvalue weighted by molar-refractivity contribution is -0.133. The quantitative estimate of drug-likeness (QED) is 0.839. The highest BCUT2D eigenvalue weighted by atomic mass is 32.1. The summed E-state index contributed by atoms with van der Waals surface area (Å²) in [6, 6.07) is 11.6. The normalized spacial score (nSPS) is 23.1. The molecule has 2 bridgehead atoms. The van der Waals surface area contributed by atoms with Crippen LogP contribution in [0.4, 0.5) is 0 Å². The summed E-state index contributed by atoms with van der Waals surface area (Å²) in [5, 5.41) is 0. The predicted molar refractivity (Wildman–Crippen MR) is 95.9 cm³/mol. The molecule has 4 rings (SSSR count). The first-order chi connectivity index (χ1) is 11.7. The zero-order valence-corrected chi connectivity index (χ0v) is 14.8. The second-order valence-electron chi connectivity index (χ2n) is 6.87. The van der Waals surface area contributed by atoms with E-state index >= 15 is 0 Å². The summed E-state index contributed by atoms with van der Waals surface area (Å²) in [6.45, 7) is 4.95. The fraction of sp³-hybridized carbons (Fsp3) is 0.474. The third-order valence-corrected chi connectivity index (χ3v) is 6.31. The van der Waals surface area contributed by atoms with Crippen LogP contribution in [0.2, 0.25) is 0 Å². The molecule has 3 heterocycles. The van der Waals surface area contributed by atoms with E-state index in [2.05, 4.69) is 45.1 Å². The van der Waals surface area contributed by atoms with Gasteiger partial charge >= 0.3 is 0 Å². The third kappa shape index (κ3) is 3.10. The maximum Gasteiger partial charge on any atom is 0.223 e. The molecule has 1 aromatic heterocycles. The van der Waals surface area contributed by atoms with Gasteiger partial charge in [0.1, 0.15) is 0 Å². The van der Waals surface area contributed by atoms with E-state index in [1.807, 2.05) is 12.4 Å². The van der Waals surface area contributed by atoms with Gasteiger partial charge in [-0.3, -0.25) is 9.69 Å². The molecule has 0 N–H and O–H groups in total. The number of aromatic nitrogens is 1. The Hall–Kier alpha value is -1.72. The van der Waals surface area contributed by atoms with Crippen molar-refractivity contribution >= 4 is 17.2 Å². The molecule has 2 fully saturated rings. The van der Waals surface area contributed by atoms with Crippen molar-refractivity contribution in [2.45, 2.75) is 44.8 Å². The highest BCUT2D eigenvalue weighted by Crippen LogP contribution is 2.32. The molecular weight excluding hydrogens is 318 g/mol. The number of piperazine rings is 1. The van der Waals surface area contributed by atoms with Gasteiger partial charge in [0.2, 0.25) is 5.91 Å². The fourth-order valence-electron chi connectivity index (χ4n) is 4.00. The Morgan fingerprint density at radius 2 is 2.08 bits per heavy atom. The molecule has 2 atom stereocenters. The van der Waals surface area contributed by atoms with Crippen molar-refractivity contribution < 1.29 is 4.79 Å². The number of fused-ring (bicyclic) bond motifs is 2. The number of nitrogens with zero attached hydrogens (tertiary/aromatic N) is 3. The van der Waals surface area contributed by atoms with Gasteiger partial charge in [-0.1, -0.05) is 30.3 Å². The lowest BCUT2D eigenvalue weighted by Gasteiger charge is -2.34. The summed E-state index contributed by atoms with van der Waals surface area (Å²) in [4.78, 5) is 22.8. The van der Waals surface area contributed by atoms with E-state index in [0.717, 1.165) is 38.2 Å². The van der Waals surface area contributed by atoms with Crippen LogP contribution in [0.3, 0.4) is 0 Å². The number of amides is 1. The molecule has 0 radical (unpaired) electrons. The van der Waals surface area contributed by atoms with Crippen LogP contribution in [-0.4, -0.2) is 45.9 Å². The van der Waals surface area contributed by atoms with E-state index in [4.69, 9.17) is 0 Å². The highest BCUT2D eigenvalue weighted by Gasteiger charge is 2.44. The molecule has 2 aliphatic heterocycles.